The lowest BCUT2D eigenvalue weighted by molar-refractivity contribution is 0.102. The van der Waals surface area contributed by atoms with Gasteiger partial charge in [0.15, 0.2) is 0 Å². The fraction of sp³-hybridized carbons (Fsp3) is 0.125. The van der Waals surface area contributed by atoms with Gasteiger partial charge in [0.2, 0.25) is 0 Å². The molecule has 0 bridgehead atoms. The van der Waals surface area contributed by atoms with Gasteiger partial charge in [-0.1, -0.05) is 65.7 Å². The minimum absolute atomic E-state index is 0.113. The van der Waals surface area contributed by atoms with E-state index in [1.165, 1.54) is 0 Å². The van der Waals surface area contributed by atoms with Gasteiger partial charge in [-0.3, -0.25) is 4.79 Å². The quantitative estimate of drug-likeness (QED) is 0.473. The van der Waals surface area contributed by atoms with Crippen molar-refractivity contribution in [2.45, 2.75) is 20.3 Å². The molecule has 0 radical (unpaired) electrons. The maximum absolute atomic E-state index is 12.5. The molecule has 2 nitrogen and oxygen atoms in total. The van der Waals surface area contributed by atoms with E-state index in [1.54, 1.807) is 0 Å². The third kappa shape index (κ3) is 5.03. The number of halogens is 2. The number of amides is 1. The van der Waals surface area contributed by atoms with Crippen molar-refractivity contribution in [1.82, 2.24) is 0 Å². The van der Waals surface area contributed by atoms with Crippen LogP contribution in [0.5, 0.6) is 0 Å². The highest BCUT2D eigenvalue weighted by Gasteiger charge is 2.08. The molecule has 0 fully saturated rings. The van der Waals surface area contributed by atoms with Gasteiger partial charge in [-0.15, -0.1) is 0 Å². The molecule has 0 saturated heterocycles. The van der Waals surface area contributed by atoms with Crippen LogP contribution in [0.1, 0.15) is 34.0 Å². The van der Waals surface area contributed by atoms with Gasteiger partial charge in [-0.25, -0.2) is 0 Å². The SMILES string of the molecule is CC(=CCc1ccc(Cl)c(Cl)c1)c1ccc(C(=O)Nc2ccccc2C)cc1. The number of rotatable bonds is 5. The standard InChI is InChI=1S/C24H21Cl2NO/c1-16(7-8-18-9-14-21(25)22(26)15-18)19-10-12-20(13-11-19)24(28)27-23-6-4-3-5-17(23)2/h3-7,9-15H,8H2,1-2H3,(H,27,28). The van der Waals surface area contributed by atoms with Crippen LogP contribution in [-0.4, -0.2) is 5.91 Å². The highest BCUT2D eigenvalue weighted by atomic mass is 35.5. The molecule has 3 aromatic carbocycles. The Labute approximate surface area is 175 Å². The number of anilines is 1. The highest BCUT2D eigenvalue weighted by Crippen LogP contribution is 2.24. The van der Waals surface area contributed by atoms with E-state index in [-0.39, 0.29) is 5.91 Å². The molecule has 28 heavy (non-hydrogen) atoms. The molecular formula is C24H21Cl2NO. The summed E-state index contributed by atoms with van der Waals surface area (Å²) in [6.07, 6.45) is 2.90. The van der Waals surface area contributed by atoms with Crippen LogP contribution in [0.4, 0.5) is 5.69 Å². The summed E-state index contributed by atoms with van der Waals surface area (Å²) in [7, 11) is 0. The average molecular weight is 410 g/mol. The molecule has 0 aliphatic carbocycles. The van der Waals surface area contributed by atoms with Gasteiger partial charge in [-0.05, 0) is 72.9 Å². The third-order valence-corrected chi connectivity index (χ3v) is 5.36. The summed E-state index contributed by atoms with van der Waals surface area (Å²) in [5, 5.41) is 4.08. The Bertz CT molecular complexity index is 1020. The van der Waals surface area contributed by atoms with E-state index in [0.29, 0.717) is 15.6 Å². The molecule has 142 valence electrons. The number of para-hydroxylation sites is 1. The van der Waals surface area contributed by atoms with Crippen LogP contribution < -0.4 is 5.32 Å². The van der Waals surface area contributed by atoms with Crippen LogP contribution >= 0.6 is 23.2 Å². The largest absolute Gasteiger partial charge is 0.322 e. The van der Waals surface area contributed by atoms with Crippen molar-refractivity contribution in [3.8, 4) is 0 Å². The molecule has 3 rings (SSSR count). The van der Waals surface area contributed by atoms with E-state index in [4.69, 9.17) is 23.2 Å². The molecule has 0 saturated carbocycles. The zero-order chi connectivity index (χ0) is 20.1. The van der Waals surface area contributed by atoms with Crippen LogP contribution in [0.3, 0.4) is 0 Å². The molecule has 0 heterocycles. The second kappa shape index (κ2) is 9.09. The Kier molecular flexibility index (Phi) is 6.56. The summed E-state index contributed by atoms with van der Waals surface area (Å²) in [6, 6.07) is 21.0. The lowest BCUT2D eigenvalue weighted by Gasteiger charge is -2.09. The third-order valence-electron chi connectivity index (χ3n) is 4.62. The van der Waals surface area contributed by atoms with E-state index in [0.717, 1.165) is 34.4 Å². The Morgan fingerprint density at radius 2 is 1.61 bits per heavy atom. The second-order valence-electron chi connectivity index (χ2n) is 6.69. The van der Waals surface area contributed by atoms with Crippen molar-refractivity contribution < 1.29 is 4.79 Å². The van der Waals surface area contributed by atoms with Gasteiger partial charge in [0.05, 0.1) is 10.0 Å². The smallest absolute Gasteiger partial charge is 0.255 e. The minimum atomic E-state index is -0.113. The van der Waals surface area contributed by atoms with Gasteiger partial charge in [-0.2, -0.15) is 0 Å². The first-order valence-electron chi connectivity index (χ1n) is 9.02. The summed E-state index contributed by atoms with van der Waals surface area (Å²) in [4.78, 5) is 12.5. The molecule has 0 aliphatic rings. The van der Waals surface area contributed by atoms with Crippen LogP contribution in [0.2, 0.25) is 10.0 Å². The molecular weight excluding hydrogens is 389 g/mol. The molecule has 4 heteroatoms. The lowest BCUT2D eigenvalue weighted by atomic mass is 10.0. The van der Waals surface area contributed by atoms with E-state index >= 15 is 0 Å². The van der Waals surface area contributed by atoms with Crippen molar-refractivity contribution in [2.75, 3.05) is 5.32 Å². The molecule has 0 unspecified atom stereocenters. The maximum atomic E-state index is 12.5. The van der Waals surface area contributed by atoms with E-state index < -0.39 is 0 Å². The van der Waals surface area contributed by atoms with E-state index in [1.807, 2.05) is 73.7 Å². The summed E-state index contributed by atoms with van der Waals surface area (Å²) >= 11 is 12.0. The Morgan fingerprint density at radius 1 is 0.929 bits per heavy atom. The van der Waals surface area contributed by atoms with Gasteiger partial charge < -0.3 is 5.32 Å². The van der Waals surface area contributed by atoms with E-state index in [2.05, 4.69) is 18.3 Å². The zero-order valence-electron chi connectivity index (χ0n) is 15.8. The van der Waals surface area contributed by atoms with Crippen molar-refractivity contribution >= 4 is 40.4 Å². The second-order valence-corrected chi connectivity index (χ2v) is 7.50. The van der Waals surface area contributed by atoms with Crippen LogP contribution in [0.15, 0.2) is 72.8 Å². The number of allylic oxidation sites excluding steroid dienone is 2. The van der Waals surface area contributed by atoms with Crippen molar-refractivity contribution in [3.63, 3.8) is 0 Å². The first-order valence-corrected chi connectivity index (χ1v) is 9.78. The maximum Gasteiger partial charge on any atom is 0.255 e. The van der Waals surface area contributed by atoms with E-state index in [9.17, 15) is 4.79 Å². The monoisotopic (exact) mass is 409 g/mol. The Morgan fingerprint density at radius 3 is 2.29 bits per heavy atom. The molecule has 1 N–H and O–H groups in total. The predicted molar refractivity (Wildman–Crippen MR) is 119 cm³/mol. The molecule has 3 aromatic rings. The van der Waals surface area contributed by atoms with Gasteiger partial charge in [0.25, 0.3) is 5.91 Å². The summed E-state index contributed by atoms with van der Waals surface area (Å²) in [5.41, 5.74) is 5.81. The van der Waals surface area contributed by atoms with Crippen molar-refractivity contribution in [2.24, 2.45) is 0 Å². The number of aryl methyl sites for hydroxylation is 1. The van der Waals surface area contributed by atoms with Gasteiger partial charge in [0, 0.05) is 11.3 Å². The Hall–Kier alpha value is -2.55. The topological polar surface area (TPSA) is 29.1 Å². The Balaban J connectivity index is 1.68. The van der Waals surface area contributed by atoms with Gasteiger partial charge >= 0.3 is 0 Å². The average Bonchev–Trinajstić information content (AvgIpc) is 2.70. The fourth-order valence-electron chi connectivity index (χ4n) is 2.85. The number of benzene rings is 3. The molecule has 1 amide bonds. The highest BCUT2D eigenvalue weighted by molar-refractivity contribution is 6.42. The van der Waals surface area contributed by atoms with Crippen LogP contribution in [-0.2, 0) is 6.42 Å². The number of nitrogens with one attached hydrogen (secondary N) is 1. The fourth-order valence-corrected chi connectivity index (χ4v) is 3.17. The molecule has 0 aliphatic heterocycles. The van der Waals surface area contributed by atoms with Crippen molar-refractivity contribution in [1.29, 1.82) is 0 Å². The normalized spacial score (nSPS) is 11.4. The molecule has 0 spiro atoms. The number of carbonyl (C=O) groups excluding carboxylic acids is 1. The summed E-state index contributed by atoms with van der Waals surface area (Å²) in [5.74, 6) is -0.113. The summed E-state index contributed by atoms with van der Waals surface area (Å²) < 4.78 is 0. The number of hydrogen-bond acceptors (Lipinski definition) is 1. The van der Waals surface area contributed by atoms with Crippen molar-refractivity contribution in [3.05, 3.63) is 105 Å². The van der Waals surface area contributed by atoms with Crippen LogP contribution in [0, 0.1) is 6.92 Å². The first kappa shape index (κ1) is 20.2. The number of hydrogen-bond donors (Lipinski definition) is 1. The predicted octanol–water partition coefficient (Wildman–Crippen LogP) is 7.20. The molecule has 0 aromatic heterocycles. The van der Waals surface area contributed by atoms with Gasteiger partial charge in [0.1, 0.15) is 0 Å². The number of carbonyl (C=O) groups is 1. The lowest BCUT2D eigenvalue weighted by Crippen LogP contribution is -2.12. The first-order chi connectivity index (χ1) is 13.4. The molecule has 0 atom stereocenters. The summed E-state index contributed by atoms with van der Waals surface area (Å²) in [6.45, 7) is 4.03. The van der Waals surface area contributed by atoms with Crippen LogP contribution in [0.25, 0.3) is 5.57 Å². The zero-order valence-corrected chi connectivity index (χ0v) is 17.3. The minimum Gasteiger partial charge on any atom is -0.322 e.